The van der Waals surface area contributed by atoms with Gasteiger partial charge in [0, 0.05) is 40.4 Å². The van der Waals surface area contributed by atoms with Crippen molar-refractivity contribution < 1.29 is 34.0 Å². The Hall–Kier alpha value is -3.59. The molecular weight excluding hydrogens is 473 g/mol. The Morgan fingerprint density at radius 2 is 1.58 bits per heavy atom. The highest BCUT2D eigenvalue weighted by molar-refractivity contribution is 9.09. The third kappa shape index (κ3) is 3.79. The molecule has 0 fully saturated rings. The van der Waals surface area contributed by atoms with Gasteiger partial charge in [-0.3, -0.25) is 4.79 Å². The second-order valence-corrected chi connectivity index (χ2v) is 7.65. The maximum atomic E-state index is 13.5. The first-order chi connectivity index (χ1) is 14.8. The smallest absolute Gasteiger partial charge is 0.336 e. The van der Waals surface area contributed by atoms with Crippen LogP contribution in [-0.2, 0) is 4.79 Å². The van der Waals surface area contributed by atoms with Crippen molar-refractivity contribution in [3.05, 3.63) is 76.9 Å². The quantitative estimate of drug-likeness (QED) is 0.309. The number of hydrogen-bond donors (Lipinski definition) is 4. The number of aromatic carboxylic acids is 1. The summed E-state index contributed by atoms with van der Waals surface area (Å²) in [4.78, 5) is 24.1. The number of carbonyl (C=O) groups is 2. The largest absolute Gasteiger partial charge is 0.508 e. The van der Waals surface area contributed by atoms with Crippen LogP contribution in [0.2, 0.25) is 0 Å². The Labute approximate surface area is 183 Å². The van der Waals surface area contributed by atoms with Crippen molar-refractivity contribution in [1.82, 2.24) is 0 Å². The molecule has 9 heteroatoms. The van der Waals surface area contributed by atoms with Gasteiger partial charge in [-0.15, -0.1) is 0 Å². The standard InChI is InChI=1S/C22H15BrFNO6/c23-20(24)21(28)25-15-3-1-2-14(22(29)30)19(15)18-12-6-4-10(26)8-16(12)31-17-9-11(27)5-7-13(17)18/h1-9,18,20,26-27H,(H,25,28)(H,29,30). The fourth-order valence-corrected chi connectivity index (χ4v) is 3.77. The highest BCUT2D eigenvalue weighted by atomic mass is 79.9. The van der Waals surface area contributed by atoms with E-state index in [0.717, 1.165) is 0 Å². The number of carboxylic acids is 1. The maximum absolute atomic E-state index is 13.5. The first-order valence-corrected chi connectivity index (χ1v) is 9.96. The van der Waals surface area contributed by atoms with Crippen LogP contribution in [0.15, 0.2) is 54.6 Å². The molecular formula is C22H15BrFNO6. The maximum Gasteiger partial charge on any atom is 0.336 e. The first-order valence-electron chi connectivity index (χ1n) is 9.05. The number of hydrogen-bond acceptors (Lipinski definition) is 5. The molecule has 0 aromatic heterocycles. The molecule has 158 valence electrons. The minimum atomic E-state index is -1.99. The molecule has 3 aromatic carbocycles. The minimum absolute atomic E-state index is 0.0688. The molecule has 0 radical (unpaired) electrons. The van der Waals surface area contributed by atoms with Gasteiger partial charge in [-0.05, 0) is 40.2 Å². The fraction of sp³-hybridized carbons (Fsp3) is 0.0909. The number of fused-ring (bicyclic) bond motifs is 2. The summed E-state index contributed by atoms with van der Waals surface area (Å²) in [6.45, 7) is 0. The van der Waals surface area contributed by atoms with Crippen molar-refractivity contribution >= 4 is 33.5 Å². The van der Waals surface area contributed by atoms with Gasteiger partial charge in [0.15, 0.2) is 0 Å². The van der Waals surface area contributed by atoms with Crippen LogP contribution in [0.3, 0.4) is 0 Å². The zero-order valence-corrected chi connectivity index (χ0v) is 17.3. The summed E-state index contributed by atoms with van der Waals surface area (Å²) in [5.41, 5.74) is 1.26. The Kier molecular flexibility index (Phi) is 5.28. The molecule has 3 aromatic rings. The fourth-order valence-electron chi connectivity index (χ4n) is 3.66. The number of halogens is 2. The third-order valence-corrected chi connectivity index (χ3v) is 5.33. The van der Waals surface area contributed by atoms with Gasteiger partial charge in [0.25, 0.3) is 5.91 Å². The van der Waals surface area contributed by atoms with Crippen LogP contribution >= 0.6 is 15.9 Å². The van der Waals surface area contributed by atoms with E-state index >= 15 is 0 Å². The van der Waals surface area contributed by atoms with Crippen LogP contribution in [0.5, 0.6) is 23.0 Å². The van der Waals surface area contributed by atoms with Crippen molar-refractivity contribution in [3.63, 3.8) is 0 Å². The third-order valence-electron chi connectivity index (χ3n) is 4.92. The molecule has 31 heavy (non-hydrogen) atoms. The Morgan fingerprint density at radius 3 is 2.10 bits per heavy atom. The Bertz CT molecular complexity index is 1160. The lowest BCUT2D eigenvalue weighted by atomic mass is 9.79. The molecule has 0 saturated carbocycles. The second kappa shape index (κ2) is 7.92. The van der Waals surface area contributed by atoms with Gasteiger partial charge in [-0.25, -0.2) is 9.18 Å². The minimum Gasteiger partial charge on any atom is -0.508 e. The molecule has 4 N–H and O–H groups in total. The second-order valence-electron chi connectivity index (χ2n) is 6.84. The van der Waals surface area contributed by atoms with Gasteiger partial charge in [0.05, 0.1) is 5.56 Å². The van der Waals surface area contributed by atoms with Gasteiger partial charge in [-0.1, -0.05) is 18.2 Å². The lowest BCUT2D eigenvalue weighted by Gasteiger charge is -2.31. The van der Waals surface area contributed by atoms with Gasteiger partial charge in [0.2, 0.25) is 5.08 Å². The van der Waals surface area contributed by atoms with Crippen molar-refractivity contribution in [1.29, 1.82) is 0 Å². The van der Waals surface area contributed by atoms with Gasteiger partial charge in [-0.2, -0.15) is 0 Å². The van der Waals surface area contributed by atoms with Crippen LogP contribution in [0.4, 0.5) is 10.1 Å². The van der Waals surface area contributed by atoms with Crippen LogP contribution in [0, 0.1) is 0 Å². The number of amides is 1. The average molecular weight is 488 g/mol. The average Bonchev–Trinajstić information content (AvgIpc) is 2.71. The van der Waals surface area contributed by atoms with Crippen LogP contribution in [0.1, 0.15) is 33.0 Å². The number of rotatable bonds is 4. The van der Waals surface area contributed by atoms with E-state index in [1.54, 1.807) is 12.1 Å². The summed E-state index contributed by atoms with van der Waals surface area (Å²) in [6, 6.07) is 13.1. The molecule has 0 spiro atoms. The normalized spacial score (nSPS) is 13.5. The number of benzene rings is 3. The Morgan fingerprint density at radius 1 is 1.00 bits per heavy atom. The molecule has 1 aliphatic rings. The lowest BCUT2D eigenvalue weighted by Crippen LogP contribution is -2.23. The molecule has 7 nitrogen and oxygen atoms in total. The number of nitrogens with one attached hydrogen (secondary N) is 1. The summed E-state index contributed by atoms with van der Waals surface area (Å²) in [5.74, 6) is -2.62. The predicted octanol–water partition coefficient (Wildman–Crippen LogP) is 4.71. The van der Waals surface area contributed by atoms with E-state index in [1.165, 1.54) is 42.5 Å². The molecule has 0 bridgehead atoms. The number of phenols is 2. The van der Waals surface area contributed by atoms with Gasteiger partial charge < -0.3 is 25.4 Å². The van der Waals surface area contributed by atoms with E-state index in [0.29, 0.717) is 11.1 Å². The SMILES string of the molecule is O=C(O)c1cccc(NC(=O)C(F)Br)c1C1c2ccc(O)cc2Oc2cc(O)ccc21. The zero-order chi connectivity index (χ0) is 22.3. The van der Waals surface area contributed by atoms with E-state index in [4.69, 9.17) is 4.74 Å². The summed E-state index contributed by atoms with van der Waals surface area (Å²) >= 11 is 2.56. The Balaban J connectivity index is 2.01. The monoisotopic (exact) mass is 487 g/mol. The van der Waals surface area contributed by atoms with E-state index in [1.807, 2.05) is 0 Å². The number of alkyl halides is 2. The van der Waals surface area contributed by atoms with Crippen molar-refractivity contribution in [3.8, 4) is 23.0 Å². The zero-order valence-electron chi connectivity index (χ0n) is 15.7. The van der Waals surface area contributed by atoms with Gasteiger partial charge in [0.1, 0.15) is 23.0 Å². The number of carboxylic acid groups (broad SMARTS) is 1. The van der Waals surface area contributed by atoms with Crippen LogP contribution in [0.25, 0.3) is 0 Å². The highest BCUT2D eigenvalue weighted by Gasteiger charge is 2.34. The summed E-state index contributed by atoms with van der Waals surface area (Å²) in [7, 11) is 0. The topological polar surface area (TPSA) is 116 Å². The van der Waals surface area contributed by atoms with E-state index < -0.39 is 22.9 Å². The number of aromatic hydroxyl groups is 2. The number of phenolic OH excluding ortho intramolecular Hbond substituents is 2. The number of ether oxygens (including phenoxy) is 1. The van der Waals surface area contributed by atoms with Crippen molar-refractivity contribution in [2.24, 2.45) is 0 Å². The van der Waals surface area contributed by atoms with Crippen LogP contribution in [-0.4, -0.2) is 32.3 Å². The van der Waals surface area contributed by atoms with E-state index in [9.17, 15) is 29.3 Å². The van der Waals surface area contributed by atoms with Crippen LogP contribution < -0.4 is 10.1 Å². The molecule has 4 rings (SSSR count). The molecule has 1 unspecified atom stereocenters. The number of anilines is 1. The summed E-state index contributed by atoms with van der Waals surface area (Å²) in [6.07, 6.45) is 0. The molecule has 1 atom stereocenters. The first kappa shape index (κ1) is 20.7. The molecule has 1 amide bonds. The number of carbonyl (C=O) groups excluding carboxylic acids is 1. The van der Waals surface area contributed by atoms with Crippen molar-refractivity contribution in [2.75, 3.05) is 5.32 Å². The summed E-state index contributed by atoms with van der Waals surface area (Å²) in [5, 5.41) is 30.1. The van der Waals surface area contributed by atoms with E-state index in [2.05, 4.69) is 21.2 Å². The predicted molar refractivity (Wildman–Crippen MR) is 113 cm³/mol. The molecule has 1 heterocycles. The van der Waals surface area contributed by atoms with Gasteiger partial charge >= 0.3 is 5.97 Å². The van der Waals surface area contributed by atoms with Crippen molar-refractivity contribution in [2.45, 2.75) is 11.0 Å². The molecule has 1 aliphatic heterocycles. The molecule has 0 aliphatic carbocycles. The van der Waals surface area contributed by atoms with E-state index in [-0.39, 0.29) is 39.8 Å². The summed E-state index contributed by atoms with van der Waals surface area (Å²) < 4.78 is 19.3. The highest BCUT2D eigenvalue weighted by Crippen LogP contribution is 2.51. The molecule has 0 saturated heterocycles. The lowest BCUT2D eigenvalue weighted by molar-refractivity contribution is -0.117.